The number of nitrogens with zero attached hydrogens (tertiary/aromatic N) is 1. The third-order valence-corrected chi connectivity index (χ3v) is 4.10. The van der Waals surface area contributed by atoms with Crippen LogP contribution in [0.2, 0.25) is 0 Å². The molecule has 2 atom stereocenters. The van der Waals surface area contributed by atoms with Crippen molar-refractivity contribution in [1.82, 2.24) is 4.90 Å². The predicted molar refractivity (Wildman–Crippen MR) is 79.5 cm³/mol. The Bertz CT molecular complexity index is 319. The Morgan fingerprint density at radius 3 is 2.17 bits per heavy atom. The van der Waals surface area contributed by atoms with Crippen molar-refractivity contribution in [3.63, 3.8) is 0 Å². The summed E-state index contributed by atoms with van der Waals surface area (Å²) in [4.78, 5) is 2.40. The molecule has 2 heteroatoms. The van der Waals surface area contributed by atoms with Crippen LogP contribution in [0.5, 0.6) is 0 Å². The van der Waals surface area contributed by atoms with E-state index in [1.54, 1.807) is 0 Å². The highest BCUT2D eigenvalue weighted by atomic mass is 15.1. The summed E-state index contributed by atoms with van der Waals surface area (Å²) in [6, 6.07) is 10.8. The van der Waals surface area contributed by atoms with Gasteiger partial charge in [0, 0.05) is 18.6 Å². The minimum Gasteiger partial charge on any atom is -0.323 e. The molecule has 0 spiro atoms. The van der Waals surface area contributed by atoms with E-state index in [9.17, 15) is 0 Å². The molecule has 1 rings (SSSR count). The summed E-state index contributed by atoms with van der Waals surface area (Å²) in [7, 11) is 2.19. The van der Waals surface area contributed by atoms with Gasteiger partial charge in [-0.3, -0.25) is 0 Å². The molecule has 0 heterocycles. The normalized spacial score (nSPS) is 15.1. The fourth-order valence-corrected chi connectivity index (χ4v) is 2.35. The van der Waals surface area contributed by atoms with Crippen molar-refractivity contribution in [1.29, 1.82) is 0 Å². The van der Waals surface area contributed by atoms with E-state index < -0.39 is 0 Å². The molecule has 0 aliphatic heterocycles. The molecule has 1 aromatic carbocycles. The SMILES string of the molecule is CCC(CC)CN(C)C(C)[C@H](N)c1ccccc1. The highest BCUT2D eigenvalue weighted by Crippen LogP contribution is 2.19. The van der Waals surface area contributed by atoms with Gasteiger partial charge in [-0.25, -0.2) is 0 Å². The van der Waals surface area contributed by atoms with Gasteiger partial charge in [0.2, 0.25) is 0 Å². The van der Waals surface area contributed by atoms with Gasteiger partial charge in [-0.05, 0) is 25.5 Å². The summed E-state index contributed by atoms with van der Waals surface area (Å²) in [6.45, 7) is 7.89. The zero-order chi connectivity index (χ0) is 13.5. The largest absolute Gasteiger partial charge is 0.323 e. The van der Waals surface area contributed by atoms with Gasteiger partial charge in [0.05, 0.1) is 0 Å². The highest BCUT2D eigenvalue weighted by molar-refractivity contribution is 5.19. The van der Waals surface area contributed by atoms with Crippen molar-refractivity contribution in [3.8, 4) is 0 Å². The fraction of sp³-hybridized carbons (Fsp3) is 0.625. The van der Waals surface area contributed by atoms with Crippen LogP contribution in [0.15, 0.2) is 30.3 Å². The van der Waals surface area contributed by atoms with Gasteiger partial charge >= 0.3 is 0 Å². The maximum atomic E-state index is 6.36. The molecule has 0 fully saturated rings. The van der Waals surface area contributed by atoms with Crippen LogP contribution < -0.4 is 5.73 Å². The molecule has 0 amide bonds. The summed E-state index contributed by atoms with van der Waals surface area (Å²) in [5.74, 6) is 0.778. The Morgan fingerprint density at radius 1 is 1.11 bits per heavy atom. The van der Waals surface area contributed by atoms with Crippen molar-refractivity contribution in [2.75, 3.05) is 13.6 Å². The van der Waals surface area contributed by atoms with Gasteiger partial charge in [0.1, 0.15) is 0 Å². The number of likely N-dealkylation sites (N-methyl/N-ethyl adjacent to an activating group) is 1. The third kappa shape index (κ3) is 4.11. The first-order valence-corrected chi connectivity index (χ1v) is 7.10. The molecule has 0 bridgehead atoms. The van der Waals surface area contributed by atoms with Crippen LogP contribution in [0.1, 0.15) is 45.2 Å². The molecule has 2 nitrogen and oxygen atoms in total. The average Bonchev–Trinajstić information content (AvgIpc) is 2.43. The third-order valence-electron chi connectivity index (χ3n) is 4.10. The molecule has 0 aliphatic carbocycles. The quantitative estimate of drug-likeness (QED) is 0.801. The average molecular weight is 248 g/mol. The van der Waals surface area contributed by atoms with Crippen LogP contribution in [0.25, 0.3) is 0 Å². The Hall–Kier alpha value is -0.860. The smallest absolute Gasteiger partial charge is 0.0450 e. The number of nitrogens with two attached hydrogens (primary N) is 1. The second kappa shape index (κ2) is 7.55. The lowest BCUT2D eigenvalue weighted by Gasteiger charge is -2.32. The van der Waals surface area contributed by atoms with E-state index >= 15 is 0 Å². The lowest BCUT2D eigenvalue weighted by molar-refractivity contribution is 0.189. The van der Waals surface area contributed by atoms with Crippen molar-refractivity contribution in [2.45, 2.75) is 45.7 Å². The van der Waals surface area contributed by atoms with Gasteiger partial charge in [-0.1, -0.05) is 57.0 Å². The van der Waals surface area contributed by atoms with Crippen LogP contribution in [-0.4, -0.2) is 24.5 Å². The van der Waals surface area contributed by atoms with Gasteiger partial charge in [-0.2, -0.15) is 0 Å². The van der Waals surface area contributed by atoms with E-state index in [-0.39, 0.29) is 6.04 Å². The molecule has 1 aromatic rings. The van der Waals surface area contributed by atoms with E-state index in [4.69, 9.17) is 5.73 Å². The Balaban J connectivity index is 2.60. The summed E-state index contributed by atoms with van der Waals surface area (Å²) in [5.41, 5.74) is 7.58. The number of hydrogen-bond acceptors (Lipinski definition) is 2. The van der Waals surface area contributed by atoms with Gasteiger partial charge in [0.25, 0.3) is 0 Å². The van der Waals surface area contributed by atoms with Crippen LogP contribution in [-0.2, 0) is 0 Å². The molecular weight excluding hydrogens is 220 g/mol. The molecule has 0 radical (unpaired) electrons. The zero-order valence-electron chi connectivity index (χ0n) is 12.3. The first-order valence-electron chi connectivity index (χ1n) is 7.10. The van der Waals surface area contributed by atoms with Gasteiger partial charge < -0.3 is 10.6 Å². The number of rotatable bonds is 7. The number of benzene rings is 1. The molecule has 1 unspecified atom stereocenters. The first-order chi connectivity index (χ1) is 8.60. The molecular formula is C16H28N2. The van der Waals surface area contributed by atoms with E-state index in [2.05, 4.69) is 57.0 Å². The molecule has 102 valence electrons. The van der Waals surface area contributed by atoms with Crippen molar-refractivity contribution in [3.05, 3.63) is 35.9 Å². The maximum absolute atomic E-state index is 6.36. The summed E-state index contributed by atoms with van der Waals surface area (Å²) < 4.78 is 0. The second-order valence-electron chi connectivity index (χ2n) is 5.30. The van der Waals surface area contributed by atoms with Crippen LogP contribution in [0.4, 0.5) is 0 Å². The lowest BCUT2D eigenvalue weighted by atomic mass is 9.98. The Morgan fingerprint density at radius 2 is 1.67 bits per heavy atom. The molecule has 18 heavy (non-hydrogen) atoms. The topological polar surface area (TPSA) is 29.3 Å². The Kier molecular flexibility index (Phi) is 6.37. The fourth-order valence-electron chi connectivity index (χ4n) is 2.35. The van der Waals surface area contributed by atoms with E-state index in [1.807, 2.05) is 6.07 Å². The summed E-state index contributed by atoms with van der Waals surface area (Å²) in [6.07, 6.45) is 2.49. The molecule has 0 saturated heterocycles. The van der Waals surface area contributed by atoms with Gasteiger partial charge in [0.15, 0.2) is 0 Å². The monoisotopic (exact) mass is 248 g/mol. The van der Waals surface area contributed by atoms with Crippen LogP contribution in [0, 0.1) is 5.92 Å². The van der Waals surface area contributed by atoms with E-state index in [0.29, 0.717) is 6.04 Å². The molecule has 0 saturated carbocycles. The number of hydrogen-bond donors (Lipinski definition) is 1. The standard InChI is InChI=1S/C16H28N2/c1-5-14(6-2)12-18(4)13(3)16(17)15-10-8-7-9-11-15/h7-11,13-14,16H,5-6,12,17H2,1-4H3/t13?,16-/m0/s1. The van der Waals surface area contributed by atoms with Crippen molar-refractivity contribution < 1.29 is 0 Å². The van der Waals surface area contributed by atoms with E-state index in [1.165, 1.54) is 18.4 Å². The Labute approximate surface area is 112 Å². The second-order valence-corrected chi connectivity index (χ2v) is 5.30. The first kappa shape index (κ1) is 15.2. The minimum atomic E-state index is 0.0885. The van der Waals surface area contributed by atoms with Gasteiger partial charge in [-0.15, -0.1) is 0 Å². The molecule has 0 aromatic heterocycles. The summed E-state index contributed by atoms with van der Waals surface area (Å²) in [5, 5.41) is 0. The highest BCUT2D eigenvalue weighted by Gasteiger charge is 2.20. The van der Waals surface area contributed by atoms with Crippen LogP contribution >= 0.6 is 0 Å². The maximum Gasteiger partial charge on any atom is 0.0450 e. The van der Waals surface area contributed by atoms with Crippen molar-refractivity contribution >= 4 is 0 Å². The van der Waals surface area contributed by atoms with Crippen molar-refractivity contribution in [2.24, 2.45) is 11.7 Å². The van der Waals surface area contributed by atoms with E-state index in [0.717, 1.165) is 12.5 Å². The van der Waals surface area contributed by atoms with Crippen LogP contribution in [0.3, 0.4) is 0 Å². The summed E-state index contributed by atoms with van der Waals surface area (Å²) >= 11 is 0. The predicted octanol–water partition coefficient (Wildman–Crippen LogP) is 3.44. The minimum absolute atomic E-state index is 0.0885. The molecule has 2 N–H and O–H groups in total. The zero-order valence-corrected chi connectivity index (χ0v) is 12.3. The molecule has 0 aliphatic rings. The lowest BCUT2D eigenvalue weighted by Crippen LogP contribution is -2.40.